The standard InChI is InChI=1S/C25H16N2/c1-2-9-19-16-24-22(15-18(19)8-1)21-11-5-6-12-23(21)27(24)25-20-10-4-3-7-17(20)13-14-26-25/h1-16H. The van der Waals surface area contributed by atoms with E-state index in [4.69, 9.17) is 4.98 Å². The van der Waals surface area contributed by atoms with Crippen LogP contribution in [-0.4, -0.2) is 9.55 Å². The summed E-state index contributed by atoms with van der Waals surface area (Å²) >= 11 is 0. The molecule has 0 aliphatic carbocycles. The molecule has 4 aromatic carbocycles. The van der Waals surface area contributed by atoms with Gasteiger partial charge in [-0.1, -0.05) is 66.7 Å². The summed E-state index contributed by atoms with van der Waals surface area (Å²) < 4.78 is 2.30. The first-order valence-corrected chi connectivity index (χ1v) is 9.16. The average Bonchev–Trinajstić information content (AvgIpc) is 3.05. The number of aromatic nitrogens is 2. The Labute approximate surface area is 156 Å². The van der Waals surface area contributed by atoms with Gasteiger partial charge in [-0.25, -0.2) is 4.98 Å². The molecule has 0 bridgehead atoms. The Kier molecular flexibility index (Phi) is 2.91. The summed E-state index contributed by atoms with van der Waals surface area (Å²) in [6.45, 7) is 0. The first-order valence-electron chi connectivity index (χ1n) is 9.16. The van der Waals surface area contributed by atoms with Crippen molar-refractivity contribution in [1.82, 2.24) is 9.55 Å². The van der Waals surface area contributed by atoms with E-state index in [9.17, 15) is 0 Å². The van der Waals surface area contributed by atoms with Crippen LogP contribution < -0.4 is 0 Å². The van der Waals surface area contributed by atoms with Crippen molar-refractivity contribution in [3.05, 3.63) is 97.2 Å². The molecule has 0 amide bonds. The predicted molar refractivity (Wildman–Crippen MR) is 114 cm³/mol. The molecule has 0 aliphatic rings. The summed E-state index contributed by atoms with van der Waals surface area (Å²) in [6.07, 6.45) is 1.90. The zero-order valence-electron chi connectivity index (χ0n) is 14.6. The Morgan fingerprint density at radius 2 is 1.19 bits per heavy atom. The zero-order valence-corrected chi connectivity index (χ0v) is 14.6. The van der Waals surface area contributed by atoms with E-state index in [1.165, 1.54) is 38.0 Å². The molecule has 0 N–H and O–H groups in total. The maximum absolute atomic E-state index is 4.79. The summed E-state index contributed by atoms with van der Waals surface area (Å²) in [5.74, 6) is 0.981. The van der Waals surface area contributed by atoms with E-state index >= 15 is 0 Å². The van der Waals surface area contributed by atoms with Crippen LogP contribution in [0.1, 0.15) is 0 Å². The second-order valence-electron chi connectivity index (χ2n) is 6.92. The molecular weight excluding hydrogens is 328 g/mol. The molecule has 6 rings (SSSR count). The van der Waals surface area contributed by atoms with E-state index in [1.807, 2.05) is 6.20 Å². The number of rotatable bonds is 1. The minimum Gasteiger partial charge on any atom is -0.293 e. The van der Waals surface area contributed by atoms with E-state index in [1.54, 1.807) is 0 Å². The smallest absolute Gasteiger partial charge is 0.145 e. The molecule has 0 fully saturated rings. The number of benzene rings is 4. The maximum atomic E-state index is 4.79. The first kappa shape index (κ1) is 14.5. The monoisotopic (exact) mass is 344 g/mol. The van der Waals surface area contributed by atoms with Crippen LogP contribution in [0.5, 0.6) is 0 Å². The Morgan fingerprint density at radius 3 is 2.04 bits per heavy atom. The van der Waals surface area contributed by atoms with E-state index < -0.39 is 0 Å². The van der Waals surface area contributed by atoms with E-state index in [2.05, 4.69) is 95.6 Å². The number of fused-ring (bicyclic) bond motifs is 5. The molecule has 126 valence electrons. The fourth-order valence-corrected chi connectivity index (χ4v) is 4.17. The molecule has 2 heteroatoms. The van der Waals surface area contributed by atoms with Gasteiger partial charge in [-0.3, -0.25) is 4.57 Å². The minimum atomic E-state index is 0.981. The van der Waals surface area contributed by atoms with Gasteiger partial charge in [-0.15, -0.1) is 0 Å². The van der Waals surface area contributed by atoms with Crippen LogP contribution >= 0.6 is 0 Å². The molecule has 2 aromatic heterocycles. The van der Waals surface area contributed by atoms with Crippen LogP contribution in [0.25, 0.3) is 49.2 Å². The second kappa shape index (κ2) is 5.42. The summed E-state index contributed by atoms with van der Waals surface area (Å²) in [5, 5.41) is 7.39. The molecule has 2 heterocycles. The van der Waals surface area contributed by atoms with Crippen LogP contribution in [-0.2, 0) is 0 Å². The summed E-state index contributed by atoms with van der Waals surface area (Å²) in [7, 11) is 0. The van der Waals surface area contributed by atoms with Gasteiger partial charge in [-0.05, 0) is 40.4 Å². The lowest BCUT2D eigenvalue weighted by atomic mass is 10.1. The van der Waals surface area contributed by atoms with Crippen LogP contribution in [0.15, 0.2) is 97.2 Å². The molecule has 0 aliphatic heterocycles. The van der Waals surface area contributed by atoms with Crippen LogP contribution in [0.3, 0.4) is 0 Å². The second-order valence-corrected chi connectivity index (χ2v) is 6.92. The van der Waals surface area contributed by atoms with Gasteiger partial charge < -0.3 is 0 Å². The normalized spacial score (nSPS) is 11.7. The molecule has 0 radical (unpaired) electrons. The first-order chi connectivity index (χ1) is 13.4. The van der Waals surface area contributed by atoms with Crippen molar-refractivity contribution in [3.8, 4) is 5.82 Å². The maximum Gasteiger partial charge on any atom is 0.145 e. The average molecular weight is 344 g/mol. The summed E-state index contributed by atoms with van der Waals surface area (Å²) in [5.41, 5.74) is 2.38. The highest BCUT2D eigenvalue weighted by Gasteiger charge is 2.15. The van der Waals surface area contributed by atoms with Crippen molar-refractivity contribution >= 4 is 43.4 Å². The summed E-state index contributed by atoms with van der Waals surface area (Å²) in [6, 6.07) is 32.2. The third kappa shape index (κ3) is 2.04. The molecule has 0 atom stereocenters. The fraction of sp³-hybridized carbons (Fsp3) is 0. The lowest BCUT2D eigenvalue weighted by Crippen LogP contribution is -1.98. The molecule has 6 aromatic rings. The van der Waals surface area contributed by atoms with E-state index in [0.717, 1.165) is 11.2 Å². The lowest BCUT2D eigenvalue weighted by Gasteiger charge is -2.10. The minimum absolute atomic E-state index is 0.981. The van der Waals surface area contributed by atoms with Gasteiger partial charge in [0.1, 0.15) is 5.82 Å². The van der Waals surface area contributed by atoms with E-state index in [-0.39, 0.29) is 0 Å². The van der Waals surface area contributed by atoms with Crippen LogP contribution in [0, 0.1) is 0 Å². The molecule has 0 saturated carbocycles. The van der Waals surface area contributed by atoms with Crippen molar-refractivity contribution in [2.75, 3.05) is 0 Å². The highest BCUT2D eigenvalue weighted by atomic mass is 15.1. The van der Waals surface area contributed by atoms with Gasteiger partial charge in [0, 0.05) is 22.4 Å². The van der Waals surface area contributed by atoms with Crippen molar-refractivity contribution in [1.29, 1.82) is 0 Å². The summed E-state index contributed by atoms with van der Waals surface area (Å²) in [4.78, 5) is 4.79. The number of hydrogen-bond donors (Lipinski definition) is 0. The molecular formula is C25H16N2. The number of para-hydroxylation sites is 1. The topological polar surface area (TPSA) is 17.8 Å². The number of nitrogens with zero attached hydrogens (tertiary/aromatic N) is 2. The van der Waals surface area contributed by atoms with Gasteiger partial charge >= 0.3 is 0 Å². The predicted octanol–water partition coefficient (Wildman–Crippen LogP) is 6.49. The molecule has 2 nitrogen and oxygen atoms in total. The van der Waals surface area contributed by atoms with E-state index in [0.29, 0.717) is 0 Å². The third-order valence-electron chi connectivity index (χ3n) is 5.40. The van der Waals surface area contributed by atoms with Crippen molar-refractivity contribution in [2.45, 2.75) is 0 Å². The highest BCUT2D eigenvalue weighted by molar-refractivity contribution is 6.14. The van der Waals surface area contributed by atoms with Gasteiger partial charge in [-0.2, -0.15) is 0 Å². The quantitative estimate of drug-likeness (QED) is 0.333. The van der Waals surface area contributed by atoms with Gasteiger partial charge in [0.15, 0.2) is 0 Å². The largest absolute Gasteiger partial charge is 0.293 e. The fourth-order valence-electron chi connectivity index (χ4n) is 4.17. The van der Waals surface area contributed by atoms with Gasteiger partial charge in [0.2, 0.25) is 0 Å². The Morgan fingerprint density at radius 1 is 0.519 bits per heavy atom. The Hall–Kier alpha value is -3.65. The van der Waals surface area contributed by atoms with Crippen molar-refractivity contribution < 1.29 is 0 Å². The third-order valence-corrected chi connectivity index (χ3v) is 5.40. The van der Waals surface area contributed by atoms with Gasteiger partial charge in [0.05, 0.1) is 11.0 Å². The molecule has 0 saturated heterocycles. The van der Waals surface area contributed by atoms with Crippen LogP contribution in [0.4, 0.5) is 0 Å². The van der Waals surface area contributed by atoms with Crippen molar-refractivity contribution in [2.24, 2.45) is 0 Å². The number of pyridine rings is 1. The molecule has 27 heavy (non-hydrogen) atoms. The number of hydrogen-bond acceptors (Lipinski definition) is 1. The molecule has 0 unspecified atom stereocenters. The lowest BCUT2D eigenvalue weighted by molar-refractivity contribution is 1.10. The van der Waals surface area contributed by atoms with Crippen LogP contribution in [0.2, 0.25) is 0 Å². The molecule has 0 spiro atoms. The Bertz CT molecular complexity index is 1470. The van der Waals surface area contributed by atoms with Gasteiger partial charge in [0.25, 0.3) is 0 Å². The van der Waals surface area contributed by atoms with Crippen molar-refractivity contribution in [3.63, 3.8) is 0 Å². The Balaban J connectivity index is 1.86. The SMILES string of the molecule is c1ccc2cc3c(cc2c1)c1ccccc1n3-c1nccc2ccccc12. The zero-order chi connectivity index (χ0) is 17.8. The highest BCUT2D eigenvalue weighted by Crippen LogP contribution is 2.35.